The van der Waals surface area contributed by atoms with Crippen LogP contribution in [0.2, 0.25) is 0 Å². The van der Waals surface area contributed by atoms with Crippen LogP contribution in [0.1, 0.15) is 57.8 Å². The summed E-state index contributed by atoms with van der Waals surface area (Å²) in [6.45, 7) is 0.420. The van der Waals surface area contributed by atoms with Crippen molar-refractivity contribution in [1.82, 2.24) is 0 Å². The second-order valence-corrected chi connectivity index (χ2v) is 7.18. The second-order valence-electron chi connectivity index (χ2n) is 7.18. The van der Waals surface area contributed by atoms with Crippen molar-refractivity contribution in [3.63, 3.8) is 0 Å². The first-order valence-electron chi connectivity index (χ1n) is 8.51. The molecule has 0 heterocycles. The van der Waals surface area contributed by atoms with E-state index in [1.165, 1.54) is 0 Å². The molecule has 140 valence electrons. The molecule has 0 aromatic heterocycles. The van der Waals surface area contributed by atoms with Crippen molar-refractivity contribution in [3.05, 3.63) is 0 Å². The van der Waals surface area contributed by atoms with Crippen LogP contribution in [0.4, 0.5) is 0 Å². The Hall–Kier alpha value is -1.63. The summed E-state index contributed by atoms with van der Waals surface area (Å²) in [5.74, 6) is -2.36. The summed E-state index contributed by atoms with van der Waals surface area (Å²) >= 11 is 0. The van der Waals surface area contributed by atoms with Gasteiger partial charge in [0.15, 0.2) is 6.10 Å². The second kappa shape index (κ2) is 11.8. The minimum atomic E-state index is -1.22. The van der Waals surface area contributed by atoms with Crippen molar-refractivity contribution >= 4 is 17.9 Å². The quantitative estimate of drug-likeness (QED) is 0.286. The van der Waals surface area contributed by atoms with Crippen LogP contribution in [0, 0.1) is 0 Å². The lowest BCUT2D eigenvalue weighted by Gasteiger charge is -2.29. The molecule has 0 rings (SSSR count). The molecule has 1 N–H and O–H groups in total. The molecule has 0 saturated heterocycles. The third-order valence-corrected chi connectivity index (χ3v) is 3.47. The van der Waals surface area contributed by atoms with E-state index in [9.17, 15) is 19.5 Å². The van der Waals surface area contributed by atoms with E-state index in [1.54, 1.807) is 0 Å². The number of esters is 1. The molecule has 0 unspecified atom stereocenters. The molecule has 7 heteroatoms. The number of rotatable bonds is 14. The van der Waals surface area contributed by atoms with E-state index in [4.69, 9.17) is 9.84 Å². The molecule has 0 aromatic rings. The molecule has 1 atom stereocenters. The van der Waals surface area contributed by atoms with Crippen LogP contribution in [0.3, 0.4) is 0 Å². The molecule has 0 aromatic carbocycles. The number of ether oxygens (including phenoxy) is 1. The van der Waals surface area contributed by atoms with E-state index in [-0.39, 0.29) is 25.2 Å². The van der Waals surface area contributed by atoms with Gasteiger partial charge in [0.1, 0.15) is 6.54 Å². The van der Waals surface area contributed by atoms with Gasteiger partial charge in [-0.2, -0.15) is 0 Å². The fourth-order valence-electron chi connectivity index (χ4n) is 2.44. The molecule has 24 heavy (non-hydrogen) atoms. The minimum absolute atomic E-state index is 0.207. The first-order valence-corrected chi connectivity index (χ1v) is 8.51. The number of unbranched alkanes of at least 4 members (excludes halogenated alkanes) is 5. The molecule has 0 fully saturated rings. The Morgan fingerprint density at radius 3 is 1.92 bits per heavy atom. The Morgan fingerprint density at radius 2 is 1.46 bits per heavy atom. The zero-order valence-electron chi connectivity index (χ0n) is 15.1. The Kier molecular flexibility index (Phi) is 11.0. The fraction of sp³-hybridized carbons (Fsp3) is 0.824. The molecule has 0 amide bonds. The van der Waals surface area contributed by atoms with Crippen LogP contribution < -0.4 is 5.11 Å². The van der Waals surface area contributed by atoms with Gasteiger partial charge in [-0.3, -0.25) is 9.59 Å². The zero-order valence-corrected chi connectivity index (χ0v) is 15.1. The van der Waals surface area contributed by atoms with Crippen LogP contribution in [0.15, 0.2) is 0 Å². The van der Waals surface area contributed by atoms with E-state index < -0.39 is 18.0 Å². The van der Waals surface area contributed by atoms with Crippen LogP contribution in [-0.4, -0.2) is 61.3 Å². The van der Waals surface area contributed by atoms with E-state index in [0.717, 1.165) is 25.7 Å². The van der Waals surface area contributed by atoms with Crippen molar-refractivity contribution in [3.8, 4) is 0 Å². The smallest absolute Gasteiger partial charge is 0.306 e. The van der Waals surface area contributed by atoms with Crippen molar-refractivity contribution < 1.29 is 33.8 Å². The summed E-state index contributed by atoms with van der Waals surface area (Å²) in [5, 5.41) is 19.3. The number of hydrogen-bond acceptors (Lipinski definition) is 5. The van der Waals surface area contributed by atoms with Gasteiger partial charge in [-0.15, -0.1) is 0 Å². The van der Waals surface area contributed by atoms with Gasteiger partial charge in [0, 0.05) is 25.2 Å². The molecule has 0 aliphatic rings. The first-order chi connectivity index (χ1) is 11.1. The van der Waals surface area contributed by atoms with Gasteiger partial charge in [-0.1, -0.05) is 25.7 Å². The van der Waals surface area contributed by atoms with Crippen LogP contribution >= 0.6 is 0 Å². The maximum absolute atomic E-state index is 11.8. The number of hydrogen-bond donors (Lipinski definition) is 1. The standard InChI is InChI=1S/C17H31NO6/c1-18(2,3)13-14(12-16(21)22)24-17(23)11-9-7-5-4-6-8-10-15(19)20/h14H,4-13H2,1-3H3,(H-,19,20,21,22)/t14-/m1/s1. The Morgan fingerprint density at radius 1 is 0.958 bits per heavy atom. The topological polar surface area (TPSA) is 104 Å². The van der Waals surface area contributed by atoms with E-state index in [1.807, 2.05) is 21.1 Å². The summed E-state index contributed by atoms with van der Waals surface area (Å²) in [4.78, 5) is 32.9. The maximum atomic E-state index is 11.8. The Labute approximate surface area is 144 Å². The Bertz CT molecular complexity index is 402. The highest BCUT2D eigenvalue weighted by Crippen LogP contribution is 2.11. The highest BCUT2D eigenvalue weighted by molar-refractivity contribution is 5.70. The minimum Gasteiger partial charge on any atom is -0.550 e. The normalized spacial score (nSPS) is 12.6. The largest absolute Gasteiger partial charge is 0.550 e. The fourth-order valence-corrected chi connectivity index (χ4v) is 2.44. The summed E-state index contributed by atoms with van der Waals surface area (Å²) < 4.78 is 5.77. The number of carbonyl (C=O) groups excluding carboxylic acids is 2. The molecular weight excluding hydrogens is 314 g/mol. The van der Waals surface area contributed by atoms with Crippen LogP contribution in [0.25, 0.3) is 0 Å². The summed E-state index contributed by atoms with van der Waals surface area (Å²) in [6, 6.07) is 0. The van der Waals surface area contributed by atoms with E-state index >= 15 is 0 Å². The lowest BCUT2D eigenvalue weighted by atomic mass is 10.1. The predicted molar refractivity (Wildman–Crippen MR) is 87.0 cm³/mol. The monoisotopic (exact) mass is 345 g/mol. The van der Waals surface area contributed by atoms with Crippen LogP contribution in [-0.2, 0) is 19.1 Å². The number of likely N-dealkylation sites (N-methyl/N-ethyl adjacent to an activating group) is 1. The van der Waals surface area contributed by atoms with Gasteiger partial charge in [0.2, 0.25) is 0 Å². The van der Waals surface area contributed by atoms with E-state index in [0.29, 0.717) is 23.9 Å². The lowest BCUT2D eigenvalue weighted by molar-refractivity contribution is -0.873. The molecule has 0 radical (unpaired) electrons. The van der Waals surface area contributed by atoms with Crippen molar-refractivity contribution in [1.29, 1.82) is 0 Å². The number of quaternary nitrogens is 1. The number of nitrogens with zero attached hydrogens (tertiary/aromatic N) is 1. The van der Waals surface area contributed by atoms with Gasteiger partial charge < -0.3 is 24.2 Å². The van der Waals surface area contributed by atoms with Crippen molar-refractivity contribution in [2.75, 3.05) is 27.7 Å². The average Bonchev–Trinajstić information content (AvgIpc) is 2.38. The van der Waals surface area contributed by atoms with Gasteiger partial charge in [-0.05, 0) is 12.8 Å². The third-order valence-electron chi connectivity index (χ3n) is 3.47. The number of carboxylic acid groups (broad SMARTS) is 2. The van der Waals surface area contributed by atoms with E-state index in [2.05, 4.69) is 0 Å². The molecule has 0 saturated carbocycles. The van der Waals surface area contributed by atoms with Crippen molar-refractivity contribution in [2.45, 2.75) is 63.9 Å². The predicted octanol–water partition coefficient (Wildman–Crippen LogP) is 0.950. The molecule has 7 nitrogen and oxygen atoms in total. The lowest BCUT2D eigenvalue weighted by Crippen LogP contribution is -2.45. The SMILES string of the molecule is C[N+](C)(C)C[C@@H](CC(=O)[O-])OC(=O)CCCCCCCCC(=O)O. The van der Waals surface area contributed by atoms with Gasteiger partial charge in [-0.25, -0.2) is 0 Å². The molecule has 0 aliphatic carbocycles. The molecule has 0 bridgehead atoms. The molecular formula is C17H31NO6. The van der Waals surface area contributed by atoms with Gasteiger partial charge >= 0.3 is 11.9 Å². The Balaban J connectivity index is 3.88. The van der Waals surface area contributed by atoms with Gasteiger partial charge in [0.25, 0.3) is 0 Å². The average molecular weight is 345 g/mol. The highest BCUT2D eigenvalue weighted by Gasteiger charge is 2.22. The highest BCUT2D eigenvalue weighted by atomic mass is 16.5. The maximum Gasteiger partial charge on any atom is 0.306 e. The third kappa shape index (κ3) is 15.3. The molecule has 0 spiro atoms. The summed E-state index contributed by atoms with van der Waals surface area (Å²) in [6.07, 6.45) is 4.58. The van der Waals surface area contributed by atoms with Gasteiger partial charge in [0.05, 0.1) is 21.1 Å². The number of carbonyl (C=O) groups is 3. The zero-order chi connectivity index (χ0) is 18.6. The summed E-state index contributed by atoms with van der Waals surface area (Å²) in [5.41, 5.74) is 0. The number of aliphatic carboxylic acids is 2. The number of carboxylic acids is 2. The molecule has 0 aliphatic heterocycles. The first kappa shape index (κ1) is 22.4. The summed E-state index contributed by atoms with van der Waals surface area (Å²) in [7, 11) is 5.71. The van der Waals surface area contributed by atoms with Crippen LogP contribution in [0.5, 0.6) is 0 Å². The van der Waals surface area contributed by atoms with Crippen molar-refractivity contribution in [2.24, 2.45) is 0 Å².